The summed E-state index contributed by atoms with van der Waals surface area (Å²) < 4.78 is 5.56. The Labute approximate surface area is 315 Å². The smallest absolute Gasteiger partial charge is 0.407 e. The van der Waals surface area contributed by atoms with E-state index in [1.165, 1.54) is 11.3 Å². The fourth-order valence-electron chi connectivity index (χ4n) is 6.81. The van der Waals surface area contributed by atoms with E-state index >= 15 is 0 Å². The number of hydrogen-bond donors (Lipinski definition) is 3. The molecule has 1 aromatic carbocycles. The van der Waals surface area contributed by atoms with Gasteiger partial charge in [0.1, 0.15) is 12.6 Å². The Kier molecular flexibility index (Phi) is 14.4. The molecule has 1 aliphatic carbocycles. The average molecular weight is 748 g/mol. The summed E-state index contributed by atoms with van der Waals surface area (Å²) in [5.74, 6) is 0.747. The largest absolute Gasteiger partial charge is 0.444 e. The molecule has 2 unspecified atom stereocenters. The molecule has 280 valence electrons. The van der Waals surface area contributed by atoms with Gasteiger partial charge < -0.3 is 30.5 Å². The fourth-order valence-corrected chi connectivity index (χ4v) is 8.14. The Balaban J connectivity index is 1.28. The van der Waals surface area contributed by atoms with Crippen LogP contribution >= 0.6 is 22.7 Å². The van der Waals surface area contributed by atoms with Gasteiger partial charge in [-0.25, -0.2) is 14.6 Å². The van der Waals surface area contributed by atoms with Crippen LogP contribution in [-0.2, 0) is 29.1 Å². The summed E-state index contributed by atoms with van der Waals surface area (Å²) in [6, 6.07) is 8.88. The van der Waals surface area contributed by atoms with Gasteiger partial charge in [-0.3, -0.25) is 9.78 Å². The van der Waals surface area contributed by atoms with Gasteiger partial charge in [0.05, 0.1) is 27.6 Å². The number of likely N-dealkylation sites (tertiary alicyclic amines) is 1. The number of nitrogens with zero attached hydrogens (tertiary/aromatic N) is 4. The maximum Gasteiger partial charge on any atom is 0.407 e. The summed E-state index contributed by atoms with van der Waals surface area (Å²) in [4.78, 5) is 54.1. The van der Waals surface area contributed by atoms with Crippen LogP contribution in [0.5, 0.6) is 0 Å². The van der Waals surface area contributed by atoms with Crippen molar-refractivity contribution in [3.8, 4) is 0 Å². The van der Waals surface area contributed by atoms with Crippen molar-refractivity contribution in [3.05, 3.63) is 92.9 Å². The molecule has 13 heteroatoms. The van der Waals surface area contributed by atoms with Crippen LogP contribution in [0.15, 0.2) is 71.7 Å². The number of aromatic nitrogens is 2. The lowest BCUT2D eigenvalue weighted by atomic mass is 9.83. The molecule has 2 aliphatic rings. The predicted octanol–water partition coefficient (Wildman–Crippen LogP) is 6.51. The zero-order chi connectivity index (χ0) is 37.0. The van der Waals surface area contributed by atoms with Crippen molar-refractivity contribution in [1.29, 1.82) is 0 Å². The van der Waals surface area contributed by atoms with E-state index in [0.717, 1.165) is 27.6 Å². The first kappa shape index (κ1) is 39.1. The number of urea groups is 1. The molecule has 2 aromatic heterocycles. The maximum atomic E-state index is 14.2. The Morgan fingerprint density at radius 2 is 1.83 bits per heavy atom. The molecule has 0 saturated carbocycles. The topological polar surface area (TPSA) is 129 Å². The summed E-state index contributed by atoms with van der Waals surface area (Å²) in [5, 5.41) is 12.8. The first-order valence-corrected chi connectivity index (χ1v) is 20.0. The third kappa shape index (κ3) is 11.2. The van der Waals surface area contributed by atoms with Crippen molar-refractivity contribution < 1.29 is 19.1 Å². The predicted molar refractivity (Wildman–Crippen MR) is 207 cm³/mol. The highest BCUT2D eigenvalue weighted by Crippen LogP contribution is 2.27. The van der Waals surface area contributed by atoms with Crippen LogP contribution in [0.25, 0.3) is 0 Å². The number of ether oxygens (including phenoxy) is 1. The van der Waals surface area contributed by atoms with Crippen LogP contribution in [0, 0.1) is 11.8 Å². The number of thiazole rings is 2. The minimum absolute atomic E-state index is 0.00312. The SMILES string of the molecule is CN[C@H]1C[C@@H](C(=O)N[C@H](CC[C@H](CC2C=CC=CC2C)NC(=O)OCc2cncs2)Cc2ccccc2)N(C(=O)N(C)Cc2csc(C(C)C)n2)C1. The molecule has 3 N–H and O–H groups in total. The minimum atomic E-state index is -0.622. The molecule has 1 fully saturated rings. The molecule has 6 atom stereocenters. The Hall–Kier alpha value is -4.07. The Bertz CT molecular complexity index is 1640. The van der Waals surface area contributed by atoms with E-state index in [4.69, 9.17) is 9.72 Å². The van der Waals surface area contributed by atoms with Crippen LogP contribution in [0.1, 0.15) is 73.5 Å². The quantitative estimate of drug-likeness (QED) is 0.153. The molecular formula is C39H53N7O4S2. The summed E-state index contributed by atoms with van der Waals surface area (Å²) in [5.41, 5.74) is 3.67. The molecule has 1 aliphatic heterocycles. The first-order valence-electron chi connectivity index (χ1n) is 18.2. The summed E-state index contributed by atoms with van der Waals surface area (Å²) in [6.07, 6.45) is 12.9. The molecule has 52 heavy (non-hydrogen) atoms. The van der Waals surface area contributed by atoms with Crippen molar-refractivity contribution in [2.45, 2.75) is 96.1 Å². The number of hydrogen-bond acceptors (Lipinski definition) is 9. The lowest BCUT2D eigenvalue weighted by Gasteiger charge is -2.31. The van der Waals surface area contributed by atoms with E-state index in [-0.39, 0.29) is 42.6 Å². The summed E-state index contributed by atoms with van der Waals surface area (Å²) in [6.45, 7) is 7.38. The zero-order valence-corrected chi connectivity index (χ0v) is 32.5. The molecule has 11 nitrogen and oxygen atoms in total. The minimum Gasteiger partial charge on any atom is -0.444 e. The van der Waals surface area contributed by atoms with Gasteiger partial charge in [0.25, 0.3) is 0 Å². The van der Waals surface area contributed by atoms with E-state index in [2.05, 4.69) is 78.1 Å². The van der Waals surface area contributed by atoms with Crippen molar-refractivity contribution in [1.82, 2.24) is 35.7 Å². The van der Waals surface area contributed by atoms with Crippen LogP contribution in [-0.4, -0.2) is 82.6 Å². The maximum absolute atomic E-state index is 14.2. The first-order chi connectivity index (χ1) is 25.1. The molecule has 1 saturated heterocycles. The number of benzene rings is 1. The number of rotatable bonds is 16. The third-order valence-electron chi connectivity index (χ3n) is 9.85. The number of carbonyl (C=O) groups excluding carboxylic acids is 3. The third-order valence-corrected chi connectivity index (χ3v) is 11.8. The number of likely N-dealkylation sites (N-methyl/N-ethyl adjacent to an activating group) is 1. The lowest BCUT2D eigenvalue weighted by molar-refractivity contribution is -0.125. The fraction of sp³-hybridized carbons (Fsp3) is 0.513. The van der Waals surface area contributed by atoms with E-state index in [1.54, 1.807) is 39.9 Å². The van der Waals surface area contributed by atoms with Crippen LogP contribution in [0.4, 0.5) is 9.59 Å². The Morgan fingerprint density at radius 3 is 2.52 bits per heavy atom. The second-order valence-electron chi connectivity index (χ2n) is 14.2. The van der Waals surface area contributed by atoms with Gasteiger partial charge in [-0.05, 0) is 56.6 Å². The van der Waals surface area contributed by atoms with Crippen molar-refractivity contribution in [2.24, 2.45) is 11.8 Å². The van der Waals surface area contributed by atoms with Crippen LogP contribution in [0.3, 0.4) is 0 Å². The van der Waals surface area contributed by atoms with Crippen molar-refractivity contribution in [3.63, 3.8) is 0 Å². The van der Waals surface area contributed by atoms with E-state index < -0.39 is 12.1 Å². The van der Waals surface area contributed by atoms with Crippen LogP contribution in [0.2, 0.25) is 0 Å². The summed E-state index contributed by atoms with van der Waals surface area (Å²) >= 11 is 3.05. The number of carbonyl (C=O) groups is 3. The van der Waals surface area contributed by atoms with Gasteiger partial charge >= 0.3 is 12.1 Å². The monoisotopic (exact) mass is 747 g/mol. The standard InChI is InChI=1S/C39H53N7O4S2/c1-26(2)37-43-33(24-51-37)21-45(5)39(49)46-22-32(40-4)19-35(46)36(47)42-30(17-28-12-7-6-8-13-28)15-16-31(18-29-14-10-9-11-27(29)3)44-38(48)50-23-34-20-41-25-52-34/h6-14,20,24-27,29-32,35,40H,15-19,21-23H2,1-5H3,(H,42,47)(H,44,48)/t27?,29?,30-,31-,32+,35+/m1/s1. The van der Waals surface area contributed by atoms with E-state index in [1.807, 2.05) is 30.6 Å². The molecular weight excluding hydrogens is 695 g/mol. The highest BCUT2D eigenvalue weighted by molar-refractivity contribution is 7.09. The van der Waals surface area contributed by atoms with Crippen LogP contribution < -0.4 is 16.0 Å². The lowest BCUT2D eigenvalue weighted by Crippen LogP contribution is -2.52. The number of amides is 4. The number of nitrogens with one attached hydrogen (secondary N) is 3. The van der Waals surface area contributed by atoms with Gasteiger partial charge in [0, 0.05) is 49.2 Å². The molecule has 3 aromatic rings. The highest BCUT2D eigenvalue weighted by Gasteiger charge is 2.41. The second kappa shape index (κ2) is 19.1. The highest BCUT2D eigenvalue weighted by atomic mass is 32.1. The molecule has 0 spiro atoms. The average Bonchev–Trinajstić information content (AvgIpc) is 3.92. The van der Waals surface area contributed by atoms with Crippen molar-refractivity contribution in [2.75, 3.05) is 20.6 Å². The molecule has 3 heterocycles. The number of allylic oxidation sites excluding steroid dienone is 4. The molecule has 0 radical (unpaired) electrons. The number of alkyl carbamates (subject to hydrolysis) is 1. The molecule has 4 amide bonds. The second-order valence-corrected chi connectivity index (χ2v) is 16.1. The molecule has 0 bridgehead atoms. The zero-order valence-electron chi connectivity index (χ0n) is 30.9. The van der Waals surface area contributed by atoms with Crippen molar-refractivity contribution >= 4 is 40.7 Å². The van der Waals surface area contributed by atoms with E-state index in [0.29, 0.717) is 50.6 Å². The molecule has 5 rings (SSSR count). The van der Waals surface area contributed by atoms with Gasteiger partial charge in [-0.15, -0.1) is 22.7 Å². The van der Waals surface area contributed by atoms with Gasteiger partial charge in [-0.1, -0.05) is 75.4 Å². The normalized spacial score (nSPS) is 20.8. The van der Waals surface area contributed by atoms with Gasteiger partial charge in [0.2, 0.25) is 5.91 Å². The summed E-state index contributed by atoms with van der Waals surface area (Å²) in [7, 11) is 3.64. The van der Waals surface area contributed by atoms with E-state index in [9.17, 15) is 14.4 Å². The van der Waals surface area contributed by atoms with Gasteiger partial charge in [-0.2, -0.15) is 0 Å². The van der Waals surface area contributed by atoms with Gasteiger partial charge in [0.15, 0.2) is 0 Å². The Morgan fingerprint density at radius 1 is 1.06 bits per heavy atom.